The summed E-state index contributed by atoms with van der Waals surface area (Å²) in [6.45, 7) is 0. The van der Waals surface area contributed by atoms with Crippen molar-refractivity contribution in [3.63, 3.8) is 0 Å². The Bertz CT molecular complexity index is 104. The van der Waals surface area contributed by atoms with Gasteiger partial charge in [-0.1, -0.05) is 0 Å². The Labute approximate surface area is 51.3 Å². The second-order valence-corrected chi connectivity index (χ2v) is 5.39. The van der Waals surface area contributed by atoms with Crippen LogP contribution in [-0.4, -0.2) is 0 Å². The fourth-order valence-corrected chi connectivity index (χ4v) is 0.803. The van der Waals surface area contributed by atoms with Crippen LogP contribution in [0.2, 0.25) is 0 Å². The molecule has 3 nitrogen and oxygen atoms in total. The summed E-state index contributed by atoms with van der Waals surface area (Å²) >= 11 is 9.45. The van der Waals surface area contributed by atoms with E-state index in [1.165, 1.54) is 0 Å². The van der Waals surface area contributed by atoms with Crippen LogP contribution in [0.15, 0.2) is 0 Å². The molecule has 0 saturated heterocycles. The van der Waals surface area contributed by atoms with E-state index in [-0.39, 0.29) is 0 Å². The van der Waals surface area contributed by atoms with Gasteiger partial charge in [-0.3, -0.25) is 4.57 Å². The van der Waals surface area contributed by atoms with Crippen molar-refractivity contribution in [1.82, 2.24) is 0 Å². The monoisotopic (exact) mass is 180 g/mol. The highest BCUT2D eigenvalue weighted by Crippen LogP contribution is 2.59. The van der Waals surface area contributed by atoms with Crippen LogP contribution in [0.5, 0.6) is 0 Å². The first-order chi connectivity index (χ1) is 3.06. The summed E-state index contributed by atoms with van der Waals surface area (Å²) in [7, 11) is -0.768. The lowest BCUT2D eigenvalue weighted by molar-refractivity contribution is 0.507. The Hall–Kier alpha value is 0.870. The molecule has 0 amide bonds. The van der Waals surface area contributed by atoms with Crippen molar-refractivity contribution in [2.45, 2.75) is 0 Å². The van der Waals surface area contributed by atoms with Gasteiger partial charge >= 0.3 is 14.8 Å². The molecule has 0 atom stereocenters. The molecule has 7 heteroatoms. The predicted molar refractivity (Wildman–Crippen MR) is 28.0 cm³/mol. The molecule has 42 valence electrons. The van der Waals surface area contributed by atoms with Crippen molar-refractivity contribution in [2.24, 2.45) is 0 Å². The van der Waals surface area contributed by atoms with Gasteiger partial charge < -0.3 is 0 Å². The summed E-state index contributed by atoms with van der Waals surface area (Å²) in [5, 5.41) is 0. The van der Waals surface area contributed by atoms with E-state index in [0.717, 1.165) is 0 Å². The minimum atomic E-state index is -3.55. The fourth-order valence-electron chi connectivity index (χ4n) is 0.0388. The van der Waals surface area contributed by atoms with E-state index in [4.69, 9.17) is 22.5 Å². The second kappa shape index (κ2) is 3.01. The van der Waals surface area contributed by atoms with Gasteiger partial charge in [0, 0.05) is 0 Å². The van der Waals surface area contributed by atoms with Crippen LogP contribution in [0.4, 0.5) is 0 Å². The molecule has 7 heavy (non-hydrogen) atoms. The SMILES string of the molecule is O=POP(=O)(Cl)Cl. The molecular weight excluding hydrogens is 181 g/mol. The molecule has 0 bridgehead atoms. The lowest BCUT2D eigenvalue weighted by Gasteiger charge is -1.87. The van der Waals surface area contributed by atoms with E-state index in [1.54, 1.807) is 0 Å². The van der Waals surface area contributed by atoms with Gasteiger partial charge in [0.15, 0.2) is 0 Å². The largest absolute Gasteiger partial charge is 0.390 e. The molecule has 0 aromatic rings. The van der Waals surface area contributed by atoms with Gasteiger partial charge in [-0.25, -0.2) is 8.88 Å². The highest BCUT2D eigenvalue weighted by Gasteiger charge is 2.13. The van der Waals surface area contributed by atoms with Gasteiger partial charge in [0.1, 0.15) is 0 Å². The van der Waals surface area contributed by atoms with Crippen LogP contribution < -0.4 is 0 Å². The van der Waals surface area contributed by atoms with Crippen molar-refractivity contribution in [3.8, 4) is 0 Å². The van der Waals surface area contributed by atoms with Gasteiger partial charge in [0.05, 0.1) is 0 Å². The van der Waals surface area contributed by atoms with E-state index in [0.29, 0.717) is 0 Å². The maximum atomic E-state index is 9.92. The van der Waals surface area contributed by atoms with Crippen LogP contribution in [0.1, 0.15) is 0 Å². The van der Waals surface area contributed by atoms with Gasteiger partial charge in [-0.15, -0.1) is 0 Å². The number of halogens is 2. The predicted octanol–water partition coefficient (Wildman–Crippen LogP) is 2.80. The quantitative estimate of drug-likeness (QED) is 0.614. The Kier molecular flexibility index (Phi) is 3.38. The summed E-state index contributed by atoms with van der Waals surface area (Å²) < 4.78 is 23.0. The average Bonchev–Trinajstić information content (AvgIpc) is 1.30. The first-order valence-corrected chi connectivity index (χ1v) is 5.23. The molecule has 0 fully saturated rings. The third-order valence-electron chi connectivity index (χ3n) is 0.128. The Morgan fingerprint density at radius 3 is 2.00 bits per heavy atom. The summed E-state index contributed by atoms with van der Waals surface area (Å²) in [5.41, 5.74) is 0. The molecule has 0 saturated carbocycles. The minimum Gasteiger partial charge on any atom is -0.256 e. The minimum absolute atomic E-state index is 0.768. The summed E-state index contributed by atoms with van der Waals surface area (Å²) in [6, 6.07) is 0. The standard InChI is InChI=1S/Cl2O3P2/c1-7(2,4)5-6-3. The van der Waals surface area contributed by atoms with Crippen LogP contribution in [0.3, 0.4) is 0 Å². The molecule has 0 aromatic heterocycles. The maximum Gasteiger partial charge on any atom is 0.390 e. The summed E-state index contributed by atoms with van der Waals surface area (Å²) in [4.78, 5) is 0. The van der Waals surface area contributed by atoms with Crippen molar-refractivity contribution in [1.29, 1.82) is 0 Å². The Balaban J connectivity index is 3.57. The van der Waals surface area contributed by atoms with Gasteiger partial charge in [0.25, 0.3) is 0 Å². The van der Waals surface area contributed by atoms with E-state index < -0.39 is 14.8 Å². The Morgan fingerprint density at radius 1 is 1.57 bits per heavy atom. The van der Waals surface area contributed by atoms with Gasteiger partial charge in [0.2, 0.25) is 0 Å². The molecule has 0 rings (SSSR count). The summed E-state index contributed by atoms with van der Waals surface area (Å²) in [5.74, 6) is 0. The van der Waals surface area contributed by atoms with E-state index in [1.807, 2.05) is 0 Å². The number of hydrogen-bond acceptors (Lipinski definition) is 3. The van der Waals surface area contributed by atoms with Crippen LogP contribution in [0, 0.1) is 0 Å². The number of rotatable bonds is 2. The van der Waals surface area contributed by atoms with E-state index in [9.17, 15) is 9.13 Å². The fraction of sp³-hybridized carbons (Fsp3) is 0. The first-order valence-electron chi connectivity index (χ1n) is 1.07. The average molecular weight is 181 g/mol. The lowest BCUT2D eigenvalue weighted by atomic mass is 15.8. The molecule has 0 radical (unpaired) electrons. The van der Waals surface area contributed by atoms with Crippen molar-refractivity contribution >= 4 is 37.2 Å². The molecule has 0 aliphatic heterocycles. The highest BCUT2D eigenvalue weighted by molar-refractivity contribution is 8.06. The molecule has 0 aliphatic carbocycles. The zero-order valence-electron chi connectivity index (χ0n) is 2.88. The van der Waals surface area contributed by atoms with Crippen LogP contribution in [0.25, 0.3) is 0 Å². The van der Waals surface area contributed by atoms with Crippen molar-refractivity contribution in [2.75, 3.05) is 0 Å². The van der Waals surface area contributed by atoms with E-state index >= 15 is 0 Å². The van der Waals surface area contributed by atoms with Crippen LogP contribution in [-0.2, 0) is 13.4 Å². The van der Waals surface area contributed by atoms with Crippen LogP contribution >= 0.6 is 37.2 Å². The topological polar surface area (TPSA) is 43.4 Å². The number of hydrogen-bond donors (Lipinski definition) is 0. The highest BCUT2D eigenvalue weighted by atomic mass is 35.9. The molecule has 0 spiro atoms. The normalized spacial score (nSPS) is 12.3. The molecule has 0 aromatic carbocycles. The molecule has 0 N–H and O–H groups in total. The molecule has 0 heterocycles. The lowest BCUT2D eigenvalue weighted by Crippen LogP contribution is -1.49. The van der Waals surface area contributed by atoms with Crippen molar-refractivity contribution < 1.29 is 13.4 Å². The van der Waals surface area contributed by atoms with Gasteiger partial charge in [-0.2, -0.15) is 0 Å². The van der Waals surface area contributed by atoms with Crippen molar-refractivity contribution in [3.05, 3.63) is 0 Å². The zero-order valence-corrected chi connectivity index (χ0v) is 6.18. The molecule has 0 aliphatic rings. The third kappa shape index (κ3) is 6.87. The first kappa shape index (κ1) is 7.87. The van der Waals surface area contributed by atoms with E-state index in [2.05, 4.69) is 4.31 Å². The zero-order chi connectivity index (χ0) is 5.91. The third-order valence-corrected chi connectivity index (χ3v) is 2.27. The molecular formula is Cl2O3P2. The smallest absolute Gasteiger partial charge is 0.256 e. The Morgan fingerprint density at radius 2 is 2.00 bits per heavy atom. The maximum absolute atomic E-state index is 9.92. The van der Waals surface area contributed by atoms with Gasteiger partial charge in [-0.05, 0) is 22.5 Å². The summed E-state index contributed by atoms with van der Waals surface area (Å²) in [6.07, 6.45) is -3.55. The molecule has 0 unspecified atom stereocenters. The second-order valence-electron chi connectivity index (χ2n) is 0.571.